The number of halogens is 2. The van der Waals surface area contributed by atoms with Crippen molar-refractivity contribution < 1.29 is 13.6 Å². The Kier molecular flexibility index (Phi) is 5.11. The highest BCUT2D eigenvalue weighted by Gasteiger charge is 2.34. The quantitative estimate of drug-likeness (QED) is 0.720. The highest BCUT2D eigenvalue weighted by atomic mass is 19.1. The van der Waals surface area contributed by atoms with E-state index in [1.165, 1.54) is 22.9 Å². The molecule has 1 aliphatic rings. The van der Waals surface area contributed by atoms with Gasteiger partial charge in [0.2, 0.25) is 0 Å². The third-order valence-corrected chi connectivity index (χ3v) is 5.56. The minimum absolute atomic E-state index is 0.0335. The van der Waals surface area contributed by atoms with E-state index >= 15 is 0 Å². The van der Waals surface area contributed by atoms with Crippen molar-refractivity contribution in [2.75, 3.05) is 0 Å². The van der Waals surface area contributed by atoms with E-state index in [1.54, 1.807) is 12.1 Å². The Balaban J connectivity index is 1.69. The first-order valence-corrected chi connectivity index (χ1v) is 9.44. The standard InChI is InChI=1S/C23H20F2N2O2/c24-16-8-9-18(19(25)13-16)23(27-10-4-3-7-21(27)29)20(28)12-15-11-14-5-1-2-6-17(14)22(15)26/h1-10,13,15,22-23H,11-12,26H2/t15-,22-,23?/m1/s1. The number of benzene rings is 2. The lowest BCUT2D eigenvalue weighted by molar-refractivity contribution is -0.122. The Morgan fingerprint density at radius 2 is 1.86 bits per heavy atom. The van der Waals surface area contributed by atoms with Gasteiger partial charge in [0.25, 0.3) is 5.56 Å². The van der Waals surface area contributed by atoms with E-state index < -0.39 is 23.2 Å². The fourth-order valence-electron chi connectivity index (χ4n) is 4.13. The Bertz CT molecular complexity index is 1130. The molecule has 0 bridgehead atoms. The molecule has 0 saturated heterocycles. The highest BCUT2D eigenvalue weighted by Crippen LogP contribution is 2.37. The van der Waals surface area contributed by atoms with Crippen LogP contribution in [0.25, 0.3) is 0 Å². The number of hydrogen-bond donors (Lipinski definition) is 1. The molecule has 0 fully saturated rings. The Morgan fingerprint density at radius 3 is 2.59 bits per heavy atom. The average molecular weight is 394 g/mol. The van der Waals surface area contributed by atoms with Gasteiger partial charge in [-0.1, -0.05) is 36.4 Å². The summed E-state index contributed by atoms with van der Waals surface area (Å²) in [6, 6.07) is 13.8. The molecule has 0 amide bonds. The van der Waals surface area contributed by atoms with E-state index in [1.807, 2.05) is 24.3 Å². The molecule has 2 N–H and O–H groups in total. The van der Waals surface area contributed by atoms with Crippen LogP contribution in [0.4, 0.5) is 8.78 Å². The predicted molar refractivity (Wildman–Crippen MR) is 105 cm³/mol. The van der Waals surface area contributed by atoms with Crippen molar-refractivity contribution in [2.24, 2.45) is 11.7 Å². The van der Waals surface area contributed by atoms with E-state index in [9.17, 15) is 18.4 Å². The normalized spacial score (nSPS) is 19.0. The lowest BCUT2D eigenvalue weighted by Gasteiger charge is -2.23. The lowest BCUT2D eigenvalue weighted by atomic mass is 9.90. The second-order valence-electron chi connectivity index (χ2n) is 7.37. The summed E-state index contributed by atoms with van der Waals surface area (Å²) in [5.74, 6) is -2.09. The molecule has 1 aliphatic carbocycles. The van der Waals surface area contributed by atoms with Crippen molar-refractivity contribution in [3.63, 3.8) is 0 Å². The number of ketones is 1. The molecule has 0 aliphatic heterocycles. The first-order chi connectivity index (χ1) is 14.0. The Hall–Kier alpha value is -3.12. The molecule has 148 valence electrons. The van der Waals surface area contributed by atoms with Crippen molar-refractivity contribution >= 4 is 5.78 Å². The van der Waals surface area contributed by atoms with Gasteiger partial charge in [0.15, 0.2) is 5.78 Å². The van der Waals surface area contributed by atoms with Crippen LogP contribution in [0, 0.1) is 17.6 Å². The molecular weight excluding hydrogens is 374 g/mol. The van der Waals surface area contributed by atoms with Gasteiger partial charge in [0.05, 0.1) is 0 Å². The van der Waals surface area contributed by atoms with E-state index in [0.717, 1.165) is 23.3 Å². The number of nitrogens with two attached hydrogens (primary N) is 1. The van der Waals surface area contributed by atoms with Gasteiger partial charge >= 0.3 is 0 Å². The van der Waals surface area contributed by atoms with Gasteiger partial charge in [-0.25, -0.2) is 8.78 Å². The SMILES string of the molecule is N[C@H]1c2ccccc2C[C@@H]1CC(=O)C(c1ccc(F)cc1F)n1ccccc1=O. The summed E-state index contributed by atoms with van der Waals surface area (Å²) in [6.45, 7) is 0. The molecule has 1 heterocycles. The maximum Gasteiger partial charge on any atom is 0.251 e. The number of fused-ring (bicyclic) bond motifs is 1. The summed E-state index contributed by atoms with van der Waals surface area (Å²) in [5.41, 5.74) is 7.98. The van der Waals surface area contributed by atoms with Gasteiger partial charge in [0, 0.05) is 36.4 Å². The second-order valence-corrected chi connectivity index (χ2v) is 7.37. The fraction of sp³-hybridized carbons (Fsp3) is 0.217. The van der Waals surface area contributed by atoms with Gasteiger partial charge in [-0.2, -0.15) is 0 Å². The smallest absolute Gasteiger partial charge is 0.251 e. The number of carbonyl (C=O) groups is 1. The molecule has 0 saturated carbocycles. The van der Waals surface area contributed by atoms with Crippen molar-refractivity contribution in [3.8, 4) is 0 Å². The monoisotopic (exact) mass is 394 g/mol. The van der Waals surface area contributed by atoms with E-state index in [4.69, 9.17) is 5.73 Å². The van der Waals surface area contributed by atoms with E-state index in [0.29, 0.717) is 6.42 Å². The summed E-state index contributed by atoms with van der Waals surface area (Å²) in [7, 11) is 0. The lowest BCUT2D eigenvalue weighted by Crippen LogP contribution is -2.32. The summed E-state index contributed by atoms with van der Waals surface area (Å²) in [4.78, 5) is 25.7. The molecule has 4 rings (SSSR count). The molecule has 1 unspecified atom stereocenters. The molecule has 3 aromatic rings. The molecule has 3 atom stereocenters. The van der Waals surface area contributed by atoms with E-state index in [-0.39, 0.29) is 29.7 Å². The minimum atomic E-state index is -1.18. The summed E-state index contributed by atoms with van der Waals surface area (Å²) < 4.78 is 29.2. The number of aromatic nitrogens is 1. The number of pyridine rings is 1. The van der Waals surface area contributed by atoms with Crippen molar-refractivity contribution in [1.82, 2.24) is 4.57 Å². The van der Waals surface area contributed by atoms with Crippen LogP contribution in [0.1, 0.15) is 35.2 Å². The molecule has 29 heavy (non-hydrogen) atoms. The Morgan fingerprint density at radius 1 is 1.10 bits per heavy atom. The van der Waals surface area contributed by atoms with Crippen LogP contribution in [0.2, 0.25) is 0 Å². The van der Waals surface area contributed by atoms with Gasteiger partial charge < -0.3 is 10.3 Å². The van der Waals surface area contributed by atoms with Crippen LogP contribution in [-0.4, -0.2) is 10.4 Å². The minimum Gasteiger partial charge on any atom is -0.324 e. The highest BCUT2D eigenvalue weighted by molar-refractivity contribution is 5.86. The zero-order chi connectivity index (χ0) is 20.5. The average Bonchev–Trinajstić information content (AvgIpc) is 3.01. The predicted octanol–water partition coefficient (Wildman–Crippen LogP) is 3.55. The number of nitrogens with zero attached hydrogens (tertiary/aromatic N) is 1. The third-order valence-electron chi connectivity index (χ3n) is 5.56. The first kappa shape index (κ1) is 19.2. The Labute approximate surface area is 166 Å². The zero-order valence-electron chi connectivity index (χ0n) is 15.6. The molecule has 0 spiro atoms. The van der Waals surface area contributed by atoms with Crippen LogP contribution in [0.5, 0.6) is 0 Å². The van der Waals surface area contributed by atoms with Crippen LogP contribution in [-0.2, 0) is 11.2 Å². The molecule has 4 nitrogen and oxygen atoms in total. The first-order valence-electron chi connectivity index (χ1n) is 9.44. The van der Waals surface area contributed by atoms with Crippen LogP contribution in [0.3, 0.4) is 0 Å². The maximum absolute atomic E-state index is 14.6. The summed E-state index contributed by atoms with van der Waals surface area (Å²) in [6.07, 6.45) is 2.17. The third kappa shape index (κ3) is 3.63. The number of carbonyl (C=O) groups excluding carboxylic acids is 1. The van der Waals surface area contributed by atoms with Crippen LogP contribution >= 0.6 is 0 Å². The topological polar surface area (TPSA) is 65.1 Å². The number of hydrogen-bond acceptors (Lipinski definition) is 3. The van der Waals surface area contributed by atoms with Crippen molar-refractivity contribution in [3.05, 3.63) is 106 Å². The molecule has 2 aromatic carbocycles. The van der Waals surface area contributed by atoms with Crippen LogP contribution < -0.4 is 11.3 Å². The van der Waals surface area contributed by atoms with Crippen molar-refractivity contribution in [2.45, 2.75) is 24.9 Å². The summed E-state index contributed by atoms with van der Waals surface area (Å²) in [5, 5.41) is 0. The molecule has 0 radical (unpaired) electrons. The second kappa shape index (κ2) is 7.72. The van der Waals surface area contributed by atoms with Gasteiger partial charge in [-0.3, -0.25) is 9.59 Å². The molecule has 6 heteroatoms. The number of Topliss-reactive ketones (excluding diaryl/α,β-unsaturated/α-hetero) is 1. The van der Waals surface area contributed by atoms with Crippen LogP contribution in [0.15, 0.2) is 71.7 Å². The van der Waals surface area contributed by atoms with E-state index in [2.05, 4.69) is 0 Å². The van der Waals surface area contributed by atoms with Crippen molar-refractivity contribution in [1.29, 1.82) is 0 Å². The largest absolute Gasteiger partial charge is 0.324 e. The maximum atomic E-state index is 14.6. The molecular formula is C23H20F2N2O2. The van der Waals surface area contributed by atoms with Gasteiger partial charge in [0.1, 0.15) is 17.7 Å². The molecule has 1 aromatic heterocycles. The fourth-order valence-corrected chi connectivity index (χ4v) is 4.13. The van der Waals surface area contributed by atoms with Gasteiger partial charge in [-0.15, -0.1) is 0 Å². The van der Waals surface area contributed by atoms with Gasteiger partial charge in [-0.05, 0) is 35.6 Å². The number of rotatable bonds is 5. The zero-order valence-corrected chi connectivity index (χ0v) is 15.6. The summed E-state index contributed by atoms with van der Waals surface area (Å²) >= 11 is 0.